The molecule has 2 amide bonds. The van der Waals surface area contributed by atoms with Crippen molar-refractivity contribution < 1.29 is 14.3 Å². The topological polar surface area (TPSA) is 77.7 Å². The van der Waals surface area contributed by atoms with Crippen LogP contribution in [0.25, 0.3) is 21.0 Å². The van der Waals surface area contributed by atoms with Crippen LogP contribution in [0.15, 0.2) is 54.7 Å². The summed E-state index contributed by atoms with van der Waals surface area (Å²) < 4.78 is 6.64. The number of hydrogen-bond acceptors (Lipinski definition) is 5. The summed E-state index contributed by atoms with van der Waals surface area (Å²) in [7, 11) is 0. The fourth-order valence-corrected chi connectivity index (χ4v) is 7.19. The van der Waals surface area contributed by atoms with E-state index in [0.717, 1.165) is 72.3 Å². The number of hydrogen-bond donors (Lipinski definition) is 2. The number of para-hydroxylation sites is 1. The number of benzene rings is 2. The van der Waals surface area contributed by atoms with Crippen molar-refractivity contribution in [3.8, 4) is 0 Å². The maximum absolute atomic E-state index is 13.4. The van der Waals surface area contributed by atoms with Crippen LogP contribution in [-0.4, -0.2) is 59.7 Å². The molecule has 2 aromatic carbocycles. The van der Waals surface area contributed by atoms with Gasteiger partial charge in [-0.3, -0.25) is 4.79 Å². The molecule has 2 fully saturated rings. The van der Waals surface area contributed by atoms with Crippen molar-refractivity contribution in [1.82, 2.24) is 15.2 Å². The summed E-state index contributed by atoms with van der Waals surface area (Å²) in [6.45, 7) is 11.3. The van der Waals surface area contributed by atoms with E-state index in [1.807, 2.05) is 37.8 Å². The predicted molar refractivity (Wildman–Crippen MR) is 167 cm³/mol. The summed E-state index contributed by atoms with van der Waals surface area (Å²) >= 11 is 1.56. The van der Waals surface area contributed by atoms with Crippen molar-refractivity contribution in [1.29, 1.82) is 0 Å². The van der Waals surface area contributed by atoms with E-state index in [1.54, 1.807) is 11.3 Å². The molecule has 4 aromatic rings. The molecule has 8 heteroatoms. The van der Waals surface area contributed by atoms with Crippen molar-refractivity contribution in [3.63, 3.8) is 0 Å². The molecule has 41 heavy (non-hydrogen) atoms. The molecule has 6 rings (SSSR count). The molecule has 216 valence electrons. The van der Waals surface area contributed by atoms with E-state index in [9.17, 15) is 9.59 Å². The predicted octanol–water partition coefficient (Wildman–Crippen LogP) is 6.97. The molecule has 2 aliphatic heterocycles. The lowest BCUT2D eigenvalue weighted by Crippen LogP contribution is -2.73. The van der Waals surface area contributed by atoms with Crippen LogP contribution in [-0.2, 0) is 11.2 Å². The summed E-state index contributed by atoms with van der Waals surface area (Å²) in [5.41, 5.74) is 3.26. The van der Waals surface area contributed by atoms with Gasteiger partial charge in [0.05, 0.1) is 4.88 Å². The third-order valence-corrected chi connectivity index (χ3v) is 9.33. The summed E-state index contributed by atoms with van der Waals surface area (Å²) in [5, 5.41) is 5.67. The zero-order valence-electron chi connectivity index (χ0n) is 24.5. The number of carbonyl (C=O) groups is 2. The molecule has 2 saturated heterocycles. The van der Waals surface area contributed by atoms with Crippen LogP contribution in [0, 0.1) is 5.41 Å². The van der Waals surface area contributed by atoms with Crippen molar-refractivity contribution in [2.75, 3.05) is 31.1 Å². The van der Waals surface area contributed by atoms with E-state index in [4.69, 9.17) is 4.74 Å². The van der Waals surface area contributed by atoms with Gasteiger partial charge in [0.15, 0.2) is 0 Å². The third kappa shape index (κ3) is 5.80. The van der Waals surface area contributed by atoms with E-state index < -0.39 is 5.60 Å². The van der Waals surface area contributed by atoms with Crippen molar-refractivity contribution >= 4 is 50.0 Å². The molecule has 0 aliphatic carbocycles. The molecule has 0 saturated carbocycles. The molecule has 2 aromatic heterocycles. The minimum Gasteiger partial charge on any atom is -0.444 e. The van der Waals surface area contributed by atoms with Gasteiger partial charge >= 0.3 is 6.09 Å². The molecule has 0 bridgehead atoms. The molecule has 4 heterocycles. The summed E-state index contributed by atoms with van der Waals surface area (Å²) in [6.07, 6.45) is 5.81. The zero-order valence-corrected chi connectivity index (χ0v) is 25.3. The van der Waals surface area contributed by atoms with Gasteiger partial charge in [-0.2, -0.15) is 0 Å². The Hall–Kier alpha value is -3.52. The van der Waals surface area contributed by atoms with E-state index in [2.05, 4.69) is 64.7 Å². The van der Waals surface area contributed by atoms with Gasteiger partial charge in [-0.25, -0.2) is 4.79 Å². The maximum Gasteiger partial charge on any atom is 0.410 e. The number of aromatic nitrogens is 1. The molecule has 1 spiro atoms. The van der Waals surface area contributed by atoms with Crippen molar-refractivity contribution in [2.45, 2.75) is 65.0 Å². The Labute approximate surface area is 245 Å². The van der Waals surface area contributed by atoms with E-state index in [1.165, 1.54) is 16.6 Å². The van der Waals surface area contributed by atoms with Gasteiger partial charge in [0, 0.05) is 65.1 Å². The molecule has 2 aliphatic rings. The van der Waals surface area contributed by atoms with Crippen molar-refractivity contribution in [3.05, 3.63) is 65.2 Å². The first-order valence-corrected chi connectivity index (χ1v) is 15.6. The number of aromatic amines is 1. The summed E-state index contributed by atoms with van der Waals surface area (Å²) in [5.74, 6) is 0.00769. The van der Waals surface area contributed by atoms with Crippen molar-refractivity contribution in [2.24, 2.45) is 5.41 Å². The Morgan fingerprint density at radius 2 is 1.88 bits per heavy atom. The molecule has 0 radical (unpaired) electrons. The highest BCUT2D eigenvalue weighted by Gasteiger charge is 2.54. The minimum atomic E-state index is -0.467. The standard InChI is InChI=1S/C33H40N4O3S/c1-5-6-9-24(14-23-17-34-27-11-8-7-10-26(23)27)35-30(38)29-15-22-12-13-25(16-28(22)41-29)36-18-33(19-36)20-37(21-33)31(39)40-32(2,3)4/h7-8,10-13,15-17,24,34H,5-6,9,14,18-21H2,1-4H3,(H,35,38). The Kier molecular flexibility index (Phi) is 7.22. The van der Waals surface area contributed by atoms with E-state index >= 15 is 0 Å². The van der Waals surface area contributed by atoms with Crippen LogP contribution in [0.2, 0.25) is 0 Å². The number of unbranched alkanes of at least 4 members (excludes halogenated alkanes) is 1. The number of ether oxygens (including phenoxy) is 1. The highest BCUT2D eigenvalue weighted by atomic mass is 32.1. The fraction of sp³-hybridized carbons (Fsp3) is 0.455. The average Bonchev–Trinajstić information content (AvgIpc) is 3.48. The summed E-state index contributed by atoms with van der Waals surface area (Å²) in [6, 6.07) is 16.9. The second-order valence-electron chi connectivity index (χ2n) is 12.9. The van der Waals surface area contributed by atoms with E-state index in [-0.39, 0.29) is 23.5 Å². The monoisotopic (exact) mass is 572 g/mol. The largest absolute Gasteiger partial charge is 0.444 e. The first-order chi connectivity index (χ1) is 19.6. The maximum atomic E-state index is 13.4. The van der Waals surface area contributed by atoms with Gasteiger partial charge < -0.3 is 24.8 Å². The molecule has 1 unspecified atom stereocenters. The lowest BCUT2D eigenvalue weighted by atomic mass is 9.73. The number of carbonyl (C=O) groups excluding carboxylic acids is 2. The molecule has 7 nitrogen and oxygen atoms in total. The smallest absolute Gasteiger partial charge is 0.410 e. The minimum absolute atomic E-state index is 0.00769. The first kappa shape index (κ1) is 27.6. The highest BCUT2D eigenvalue weighted by Crippen LogP contribution is 2.43. The van der Waals surface area contributed by atoms with Crippen LogP contribution >= 0.6 is 11.3 Å². The summed E-state index contributed by atoms with van der Waals surface area (Å²) in [4.78, 5) is 34.0. The number of likely N-dealkylation sites (tertiary alicyclic amines) is 1. The Balaban J connectivity index is 1.08. The van der Waals surface area contributed by atoms with Gasteiger partial charge in [-0.1, -0.05) is 44.0 Å². The quantitative estimate of drug-likeness (QED) is 0.239. The fourth-order valence-electron chi connectivity index (χ4n) is 6.19. The number of nitrogens with zero attached hydrogens (tertiary/aromatic N) is 2. The number of rotatable bonds is 8. The molecular formula is C33H40N4O3S. The first-order valence-electron chi connectivity index (χ1n) is 14.7. The Bertz CT molecular complexity index is 1570. The van der Waals surface area contributed by atoms with Crippen LogP contribution in [0.3, 0.4) is 0 Å². The number of nitrogens with one attached hydrogen (secondary N) is 2. The van der Waals surface area contributed by atoms with Crippen LogP contribution in [0.4, 0.5) is 10.5 Å². The second-order valence-corrected chi connectivity index (χ2v) is 14.0. The number of thiophene rings is 1. The lowest BCUT2D eigenvalue weighted by Gasteiger charge is -2.60. The zero-order chi connectivity index (χ0) is 28.8. The number of fused-ring (bicyclic) bond motifs is 2. The van der Waals surface area contributed by atoms with Crippen LogP contribution in [0.1, 0.15) is 62.2 Å². The average molecular weight is 573 g/mol. The second kappa shape index (κ2) is 10.7. The van der Waals surface area contributed by atoms with E-state index in [0.29, 0.717) is 0 Å². The highest BCUT2D eigenvalue weighted by molar-refractivity contribution is 7.20. The van der Waals surface area contributed by atoms with Gasteiger partial charge in [0.2, 0.25) is 0 Å². The number of anilines is 1. The SMILES string of the molecule is CCCCC(Cc1c[nH]c2ccccc12)NC(=O)c1cc2ccc(N3CC4(CN(C(=O)OC(C)(C)C)C4)C3)cc2s1. The number of H-pyrrole nitrogens is 1. The van der Waals surface area contributed by atoms with Gasteiger partial charge in [0.1, 0.15) is 5.60 Å². The molecule has 2 N–H and O–H groups in total. The normalized spacial score (nSPS) is 17.0. The lowest BCUT2D eigenvalue weighted by molar-refractivity contribution is -0.0452. The molecule has 1 atom stereocenters. The third-order valence-electron chi connectivity index (χ3n) is 8.23. The van der Waals surface area contributed by atoms with Gasteiger partial charge in [-0.15, -0.1) is 11.3 Å². The number of amides is 2. The van der Waals surface area contributed by atoms with Crippen LogP contribution in [0.5, 0.6) is 0 Å². The molecular weight excluding hydrogens is 532 g/mol. The van der Waals surface area contributed by atoms with Gasteiger partial charge in [-0.05, 0) is 68.8 Å². The Morgan fingerprint density at radius 1 is 1.10 bits per heavy atom. The van der Waals surface area contributed by atoms with Gasteiger partial charge in [0.25, 0.3) is 5.91 Å². The van der Waals surface area contributed by atoms with Crippen LogP contribution < -0.4 is 10.2 Å². The Morgan fingerprint density at radius 3 is 2.63 bits per heavy atom.